The van der Waals surface area contributed by atoms with E-state index in [0.717, 1.165) is 16.7 Å². The number of hydrogen-bond acceptors (Lipinski definition) is 6. The van der Waals surface area contributed by atoms with Gasteiger partial charge in [0.1, 0.15) is 17.1 Å². The Balaban J connectivity index is 1.81. The predicted molar refractivity (Wildman–Crippen MR) is 120 cm³/mol. The number of aliphatic hydroxyl groups is 2. The van der Waals surface area contributed by atoms with Crippen molar-refractivity contribution < 1.29 is 19.7 Å². The second-order valence-corrected chi connectivity index (χ2v) is 8.63. The first kappa shape index (κ1) is 20.9. The third kappa shape index (κ3) is 2.73. The van der Waals surface area contributed by atoms with Gasteiger partial charge in [-0.25, -0.2) is 0 Å². The first-order chi connectivity index (χ1) is 15.6. The van der Waals surface area contributed by atoms with E-state index in [9.17, 15) is 10.2 Å². The van der Waals surface area contributed by atoms with Crippen LogP contribution < -0.4 is 15.2 Å². The number of nitrogens with two attached hydrogens (primary N) is 1. The standard InChI is InChI=1S/C26H28N2O4/c1-31-22-15-28-16-23-24(22)25(30)20(11-12-29)13-21(18-5-3-2-4-6-18)26(25,32-23)19-9-7-17(14-27)8-10-19/h2-10,15-16,20-21,29-30H,11-14,27H2,1H3/t20-,21-,25+,26-/m0/s1. The summed E-state index contributed by atoms with van der Waals surface area (Å²) in [5.74, 6) is 0.607. The molecule has 2 aromatic carbocycles. The fraction of sp³-hybridized carbons (Fsp3) is 0.346. The van der Waals surface area contributed by atoms with Crippen LogP contribution in [0.25, 0.3) is 0 Å². The fourth-order valence-corrected chi connectivity index (χ4v) is 5.84. The molecule has 0 amide bonds. The molecule has 0 bridgehead atoms. The van der Waals surface area contributed by atoms with Crippen LogP contribution in [0.1, 0.15) is 41.0 Å². The van der Waals surface area contributed by atoms with Crippen molar-refractivity contribution in [3.8, 4) is 11.5 Å². The van der Waals surface area contributed by atoms with Crippen LogP contribution >= 0.6 is 0 Å². The fourth-order valence-electron chi connectivity index (χ4n) is 5.84. The number of aliphatic hydroxyl groups excluding tert-OH is 1. The molecule has 6 nitrogen and oxygen atoms in total. The van der Waals surface area contributed by atoms with Gasteiger partial charge in [0.05, 0.1) is 25.1 Å². The first-order valence-electron chi connectivity index (χ1n) is 11.0. The van der Waals surface area contributed by atoms with Gasteiger partial charge in [-0.3, -0.25) is 4.98 Å². The molecular formula is C26H28N2O4. The molecule has 0 unspecified atom stereocenters. The molecular weight excluding hydrogens is 404 g/mol. The lowest BCUT2D eigenvalue weighted by atomic mass is 9.69. The highest BCUT2D eigenvalue weighted by Crippen LogP contribution is 2.70. The van der Waals surface area contributed by atoms with Crippen LogP contribution in [0.5, 0.6) is 11.5 Å². The van der Waals surface area contributed by atoms with Crippen LogP contribution in [0.3, 0.4) is 0 Å². The minimum atomic E-state index is -1.41. The largest absolute Gasteiger partial charge is 0.495 e. The van der Waals surface area contributed by atoms with Crippen LogP contribution in [0.2, 0.25) is 0 Å². The summed E-state index contributed by atoms with van der Waals surface area (Å²) < 4.78 is 12.4. The van der Waals surface area contributed by atoms with Gasteiger partial charge in [-0.15, -0.1) is 0 Å². The minimum absolute atomic E-state index is 0.0284. The lowest BCUT2D eigenvalue weighted by Gasteiger charge is -2.42. The van der Waals surface area contributed by atoms with Crippen LogP contribution in [0.4, 0.5) is 0 Å². The van der Waals surface area contributed by atoms with E-state index < -0.39 is 11.2 Å². The summed E-state index contributed by atoms with van der Waals surface area (Å²) in [7, 11) is 1.57. The van der Waals surface area contributed by atoms with Crippen LogP contribution in [-0.2, 0) is 17.7 Å². The van der Waals surface area contributed by atoms with Gasteiger partial charge in [0.15, 0.2) is 5.60 Å². The number of rotatable bonds is 6. The van der Waals surface area contributed by atoms with E-state index in [2.05, 4.69) is 17.1 Å². The van der Waals surface area contributed by atoms with Crippen molar-refractivity contribution in [1.82, 2.24) is 4.98 Å². The van der Waals surface area contributed by atoms with Gasteiger partial charge >= 0.3 is 0 Å². The highest BCUT2D eigenvalue weighted by molar-refractivity contribution is 5.58. The van der Waals surface area contributed by atoms with E-state index in [1.54, 1.807) is 19.5 Å². The van der Waals surface area contributed by atoms with Gasteiger partial charge in [-0.1, -0.05) is 54.6 Å². The average molecular weight is 433 g/mol. The molecule has 1 aliphatic heterocycles. The Morgan fingerprint density at radius 1 is 1.12 bits per heavy atom. The molecule has 1 saturated carbocycles. The predicted octanol–water partition coefficient (Wildman–Crippen LogP) is 3.21. The van der Waals surface area contributed by atoms with Gasteiger partial charge in [-0.2, -0.15) is 0 Å². The normalized spacial score (nSPS) is 28.1. The van der Waals surface area contributed by atoms with Crippen LogP contribution in [-0.4, -0.2) is 28.9 Å². The zero-order chi connectivity index (χ0) is 22.3. The van der Waals surface area contributed by atoms with E-state index in [-0.39, 0.29) is 18.4 Å². The van der Waals surface area contributed by atoms with Crippen LogP contribution in [0, 0.1) is 5.92 Å². The van der Waals surface area contributed by atoms with Gasteiger partial charge in [0, 0.05) is 19.1 Å². The number of nitrogens with zero attached hydrogens (tertiary/aromatic N) is 1. The van der Waals surface area contributed by atoms with Crippen molar-refractivity contribution >= 4 is 0 Å². The molecule has 1 fully saturated rings. The molecule has 3 aromatic rings. The zero-order valence-electron chi connectivity index (χ0n) is 18.1. The van der Waals surface area contributed by atoms with E-state index in [1.807, 2.05) is 42.5 Å². The molecule has 2 aliphatic rings. The number of fused-ring (bicyclic) bond motifs is 3. The van der Waals surface area contributed by atoms with Gasteiger partial charge < -0.3 is 25.4 Å². The molecule has 0 saturated heterocycles. The topological polar surface area (TPSA) is 97.8 Å². The van der Waals surface area contributed by atoms with Crippen LogP contribution in [0.15, 0.2) is 67.0 Å². The number of aromatic nitrogens is 1. The Bertz CT molecular complexity index is 1100. The van der Waals surface area contributed by atoms with Crippen molar-refractivity contribution in [2.24, 2.45) is 11.7 Å². The second kappa shape index (κ2) is 7.89. The van der Waals surface area contributed by atoms with Crippen molar-refractivity contribution in [1.29, 1.82) is 0 Å². The van der Waals surface area contributed by atoms with Crippen molar-refractivity contribution in [3.63, 3.8) is 0 Å². The third-order valence-electron chi connectivity index (χ3n) is 7.21. The van der Waals surface area contributed by atoms with Gasteiger partial charge in [0.25, 0.3) is 0 Å². The lowest BCUT2D eigenvalue weighted by molar-refractivity contribution is -0.130. The molecule has 4 atom stereocenters. The van der Waals surface area contributed by atoms with Crippen molar-refractivity contribution in [2.45, 2.75) is 36.5 Å². The van der Waals surface area contributed by atoms with Gasteiger partial charge in [0.2, 0.25) is 0 Å². The Morgan fingerprint density at radius 2 is 1.88 bits per heavy atom. The SMILES string of the molecule is COc1cncc2c1[C@]1(O)[C@@H](CCO)C[C@@H](c3ccccc3)[C@]1(c1ccc(CN)cc1)O2. The van der Waals surface area contributed by atoms with E-state index in [0.29, 0.717) is 36.4 Å². The number of hydrogen-bond donors (Lipinski definition) is 3. The summed E-state index contributed by atoms with van der Waals surface area (Å²) in [4.78, 5) is 4.28. The summed E-state index contributed by atoms with van der Waals surface area (Å²) in [6.45, 7) is 0.408. The molecule has 2 heterocycles. The Hall–Kier alpha value is -2.93. The number of methoxy groups -OCH3 is 1. The summed E-state index contributed by atoms with van der Waals surface area (Å²) in [6.07, 6.45) is 4.35. The summed E-state index contributed by atoms with van der Waals surface area (Å²) in [5, 5.41) is 22.6. The molecule has 166 valence electrons. The molecule has 5 rings (SSSR count). The first-order valence-corrected chi connectivity index (χ1v) is 11.0. The molecule has 0 radical (unpaired) electrons. The zero-order valence-corrected chi connectivity index (χ0v) is 18.1. The lowest BCUT2D eigenvalue weighted by Crippen LogP contribution is -2.50. The maximum atomic E-state index is 12.7. The van der Waals surface area contributed by atoms with Crippen molar-refractivity contribution in [3.05, 3.63) is 89.2 Å². The second-order valence-electron chi connectivity index (χ2n) is 8.63. The number of pyridine rings is 1. The molecule has 6 heteroatoms. The summed E-state index contributed by atoms with van der Waals surface area (Å²) in [6, 6.07) is 18.1. The highest BCUT2D eigenvalue weighted by Gasteiger charge is 2.73. The maximum absolute atomic E-state index is 12.7. The monoisotopic (exact) mass is 432 g/mol. The third-order valence-corrected chi connectivity index (χ3v) is 7.21. The summed E-state index contributed by atoms with van der Waals surface area (Å²) >= 11 is 0. The molecule has 0 spiro atoms. The maximum Gasteiger partial charge on any atom is 0.174 e. The molecule has 32 heavy (non-hydrogen) atoms. The quantitative estimate of drug-likeness (QED) is 0.553. The minimum Gasteiger partial charge on any atom is -0.495 e. The molecule has 1 aromatic heterocycles. The summed E-state index contributed by atoms with van der Waals surface area (Å²) in [5.41, 5.74) is 6.88. The van der Waals surface area contributed by atoms with Gasteiger partial charge in [-0.05, 0) is 35.4 Å². The molecule has 4 N–H and O–H groups in total. The average Bonchev–Trinajstić information content (AvgIpc) is 3.25. The Labute approximate surface area is 187 Å². The highest BCUT2D eigenvalue weighted by atomic mass is 16.5. The van der Waals surface area contributed by atoms with E-state index in [1.165, 1.54) is 0 Å². The number of benzene rings is 2. The van der Waals surface area contributed by atoms with Crippen molar-refractivity contribution in [2.75, 3.05) is 13.7 Å². The Kier molecular flexibility index (Phi) is 5.16. The Morgan fingerprint density at radius 3 is 2.53 bits per heavy atom. The smallest absolute Gasteiger partial charge is 0.174 e. The van der Waals surface area contributed by atoms with E-state index >= 15 is 0 Å². The molecule has 1 aliphatic carbocycles. The number of ether oxygens (including phenoxy) is 2. The van der Waals surface area contributed by atoms with E-state index in [4.69, 9.17) is 15.2 Å².